The molecular weight excluding hydrogens is 429 g/mol. The van der Waals surface area contributed by atoms with Crippen LogP contribution in [0.3, 0.4) is 0 Å². The van der Waals surface area contributed by atoms with Crippen LogP contribution in [0, 0.1) is 0 Å². The van der Waals surface area contributed by atoms with Gasteiger partial charge in [-0.05, 0) is 44.2 Å². The van der Waals surface area contributed by atoms with Crippen LogP contribution in [-0.4, -0.2) is 34.6 Å². The van der Waals surface area contributed by atoms with Crippen LogP contribution in [0.25, 0.3) is 11.0 Å². The van der Waals surface area contributed by atoms with Crippen molar-refractivity contribution in [3.63, 3.8) is 0 Å². The molecule has 8 nitrogen and oxygen atoms in total. The molecule has 1 aromatic heterocycles. The topological polar surface area (TPSA) is 94.5 Å². The van der Waals surface area contributed by atoms with E-state index in [2.05, 4.69) is 15.8 Å². The Balaban J connectivity index is 1.71. The van der Waals surface area contributed by atoms with E-state index in [4.69, 9.17) is 9.47 Å². The highest BCUT2D eigenvalue weighted by molar-refractivity contribution is 5.96. The summed E-state index contributed by atoms with van der Waals surface area (Å²) in [7, 11) is 1.42. The molecule has 0 radical (unpaired) electrons. The van der Waals surface area contributed by atoms with Gasteiger partial charge in [0.2, 0.25) is 5.82 Å². The van der Waals surface area contributed by atoms with Crippen molar-refractivity contribution < 1.29 is 32.2 Å². The summed E-state index contributed by atoms with van der Waals surface area (Å²) in [6.07, 6.45) is -4.86. The third-order valence-corrected chi connectivity index (χ3v) is 4.31. The molecule has 2 amide bonds. The van der Waals surface area contributed by atoms with E-state index in [9.17, 15) is 22.8 Å². The van der Waals surface area contributed by atoms with Crippen LogP contribution >= 0.6 is 0 Å². The van der Waals surface area contributed by atoms with Crippen LogP contribution < -0.4 is 20.3 Å². The van der Waals surface area contributed by atoms with Gasteiger partial charge in [0.15, 0.2) is 11.5 Å². The van der Waals surface area contributed by atoms with E-state index in [-0.39, 0.29) is 22.7 Å². The van der Waals surface area contributed by atoms with E-state index >= 15 is 0 Å². The SMILES string of the molecule is COc1cc(C(=O)NNC(=O)Cn2c(C(F)(F)F)nc3ccccc32)ccc1OC(C)C. The Hall–Kier alpha value is -3.76. The molecule has 0 saturated heterocycles. The molecule has 0 saturated carbocycles. The zero-order chi connectivity index (χ0) is 23.5. The summed E-state index contributed by atoms with van der Waals surface area (Å²) >= 11 is 0. The number of hydrazine groups is 1. The number of ether oxygens (including phenoxy) is 2. The molecule has 0 bridgehead atoms. The van der Waals surface area contributed by atoms with Gasteiger partial charge in [0, 0.05) is 5.56 Å². The van der Waals surface area contributed by atoms with Crippen molar-refractivity contribution in [1.29, 1.82) is 0 Å². The number of imidazole rings is 1. The minimum Gasteiger partial charge on any atom is -0.493 e. The van der Waals surface area contributed by atoms with Gasteiger partial charge in [-0.3, -0.25) is 20.4 Å². The Labute approximate surface area is 181 Å². The summed E-state index contributed by atoms with van der Waals surface area (Å²) < 4.78 is 51.6. The molecule has 0 aliphatic carbocycles. The van der Waals surface area contributed by atoms with Gasteiger partial charge in [-0.15, -0.1) is 0 Å². The van der Waals surface area contributed by atoms with Crippen molar-refractivity contribution in [2.75, 3.05) is 7.11 Å². The third-order valence-electron chi connectivity index (χ3n) is 4.31. The molecule has 3 rings (SSSR count). The van der Waals surface area contributed by atoms with E-state index in [0.717, 1.165) is 4.57 Å². The molecule has 2 aromatic carbocycles. The number of nitrogens with one attached hydrogen (secondary N) is 2. The highest BCUT2D eigenvalue weighted by atomic mass is 19.4. The molecule has 0 unspecified atom stereocenters. The number of methoxy groups -OCH3 is 1. The number of rotatable bonds is 6. The molecule has 3 aromatic rings. The van der Waals surface area contributed by atoms with Gasteiger partial charge < -0.3 is 14.0 Å². The first kappa shape index (κ1) is 22.9. The van der Waals surface area contributed by atoms with E-state index < -0.39 is 30.4 Å². The van der Waals surface area contributed by atoms with Crippen molar-refractivity contribution in [3.05, 3.63) is 53.9 Å². The number of carbonyl (C=O) groups is 2. The van der Waals surface area contributed by atoms with E-state index in [1.165, 1.54) is 31.4 Å². The summed E-state index contributed by atoms with van der Waals surface area (Å²) in [4.78, 5) is 28.2. The van der Waals surface area contributed by atoms with E-state index in [1.807, 2.05) is 13.8 Å². The van der Waals surface area contributed by atoms with Crippen LogP contribution in [0.1, 0.15) is 30.0 Å². The van der Waals surface area contributed by atoms with Gasteiger partial charge >= 0.3 is 6.18 Å². The number of para-hydroxylation sites is 2. The summed E-state index contributed by atoms with van der Waals surface area (Å²) in [5.41, 5.74) is 4.70. The first-order valence-electron chi connectivity index (χ1n) is 9.56. The fourth-order valence-corrected chi connectivity index (χ4v) is 2.99. The Bertz CT molecular complexity index is 1140. The average Bonchev–Trinajstić information content (AvgIpc) is 3.11. The van der Waals surface area contributed by atoms with Crippen molar-refractivity contribution >= 4 is 22.8 Å². The smallest absolute Gasteiger partial charge is 0.449 e. The number of halogens is 3. The molecule has 0 atom stereocenters. The molecule has 11 heteroatoms. The van der Waals surface area contributed by atoms with Crippen LogP contribution in [0.4, 0.5) is 13.2 Å². The van der Waals surface area contributed by atoms with Gasteiger partial charge in [0.05, 0.1) is 24.2 Å². The van der Waals surface area contributed by atoms with Crippen LogP contribution in [-0.2, 0) is 17.5 Å². The molecule has 32 heavy (non-hydrogen) atoms. The van der Waals surface area contributed by atoms with Crippen LogP contribution in [0.15, 0.2) is 42.5 Å². The number of nitrogens with zero attached hydrogens (tertiary/aromatic N) is 2. The summed E-state index contributed by atoms with van der Waals surface area (Å²) in [5, 5.41) is 0. The molecule has 0 fully saturated rings. The fraction of sp³-hybridized carbons (Fsp3) is 0.286. The average molecular weight is 450 g/mol. The number of fused-ring (bicyclic) bond motifs is 1. The molecule has 0 aliphatic heterocycles. The van der Waals surface area contributed by atoms with Crippen molar-refractivity contribution in [2.24, 2.45) is 0 Å². The molecule has 170 valence electrons. The lowest BCUT2D eigenvalue weighted by Crippen LogP contribution is -2.43. The highest BCUT2D eigenvalue weighted by Crippen LogP contribution is 2.31. The van der Waals surface area contributed by atoms with Crippen molar-refractivity contribution in [2.45, 2.75) is 32.7 Å². The Kier molecular flexibility index (Phi) is 6.56. The molecule has 0 aliphatic rings. The normalized spacial score (nSPS) is 11.5. The Morgan fingerprint density at radius 3 is 2.47 bits per heavy atom. The van der Waals surface area contributed by atoms with Gasteiger partial charge in [-0.25, -0.2) is 4.98 Å². The maximum absolute atomic E-state index is 13.3. The number of benzene rings is 2. The largest absolute Gasteiger partial charge is 0.493 e. The minimum atomic E-state index is -4.75. The number of hydrogen-bond donors (Lipinski definition) is 2. The standard InChI is InChI=1S/C21H21F3N4O4/c1-12(2)32-16-9-8-13(10-17(16)31-3)19(30)27-26-18(29)11-28-15-7-5-4-6-14(15)25-20(28)21(22,23)24/h4-10,12H,11H2,1-3H3,(H,26,29)(H,27,30). The van der Waals surface area contributed by atoms with E-state index in [1.54, 1.807) is 18.2 Å². The number of alkyl halides is 3. The van der Waals surface area contributed by atoms with Gasteiger partial charge in [0.1, 0.15) is 6.54 Å². The van der Waals surface area contributed by atoms with Gasteiger partial charge in [-0.2, -0.15) is 13.2 Å². The van der Waals surface area contributed by atoms with Gasteiger partial charge in [0.25, 0.3) is 11.8 Å². The summed E-state index contributed by atoms with van der Waals surface area (Å²) in [6.45, 7) is 2.98. The lowest BCUT2D eigenvalue weighted by atomic mass is 10.2. The van der Waals surface area contributed by atoms with E-state index in [0.29, 0.717) is 11.5 Å². The monoisotopic (exact) mass is 450 g/mol. The number of aromatic nitrogens is 2. The number of hydrogen-bond acceptors (Lipinski definition) is 5. The first-order chi connectivity index (χ1) is 15.1. The minimum absolute atomic E-state index is 0.104. The first-order valence-corrected chi connectivity index (χ1v) is 9.56. The van der Waals surface area contributed by atoms with Crippen molar-refractivity contribution in [1.82, 2.24) is 20.4 Å². The Morgan fingerprint density at radius 2 is 1.81 bits per heavy atom. The molecule has 0 spiro atoms. The molecule has 1 heterocycles. The second-order valence-corrected chi connectivity index (χ2v) is 7.04. The predicted octanol–water partition coefficient (Wildman–Crippen LogP) is 3.31. The molecular formula is C21H21F3N4O4. The second kappa shape index (κ2) is 9.16. The highest BCUT2D eigenvalue weighted by Gasteiger charge is 2.38. The number of carbonyl (C=O) groups excluding carboxylic acids is 2. The van der Waals surface area contributed by atoms with Crippen molar-refractivity contribution in [3.8, 4) is 11.5 Å². The van der Waals surface area contributed by atoms with Gasteiger partial charge in [-0.1, -0.05) is 12.1 Å². The summed E-state index contributed by atoms with van der Waals surface area (Å²) in [6, 6.07) is 10.4. The van der Waals surface area contributed by atoms with Crippen LogP contribution in [0.5, 0.6) is 11.5 Å². The lowest BCUT2D eigenvalue weighted by Gasteiger charge is -2.15. The maximum atomic E-state index is 13.3. The zero-order valence-corrected chi connectivity index (χ0v) is 17.5. The fourth-order valence-electron chi connectivity index (χ4n) is 2.99. The lowest BCUT2D eigenvalue weighted by molar-refractivity contribution is -0.147. The predicted molar refractivity (Wildman–Crippen MR) is 109 cm³/mol. The number of amides is 2. The summed E-state index contributed by atoms with van der Waals surface area (Å²) in [5.74, 6) is -1.99. The zero-order valence-electron chi connectivity index (χ0n) is 17.5. The maximum Gasteiger partial charge on any atom is 0.449 e. The quantitative estimate of drug-likeness (QED) is 0.562. The second-order valence-electron chi connectivity index (χ2n) is 7.04. The van der Waals surface area contributed by atoms with Crippen LogP contribution in [0.2, 0.25) is 0 Å². The molecule has 2 N–H and O–H groups in total. The third kappa shape index (κ3) is 5.10. The Morgan fingerprint density at radius 1 is 1.09 bits per heavy atom.